The van der Waals surface area contributed by atoms with Gasteiger partial charge in [-0.25, -0.2) is 18.6 Å². The van der Waals surface area contributed by atoms with Crippen molar-refractivity contribution in [3.63, 3.8) is 0 Å². The molecule has 0 unspecified atom stereocenters. The molecule has 3 aromatic rings. The molecule has 0 fully saturated rings. The average Bonchev–Trinajstić information content (AvgIpc) is 3.29. The molecule has 30 heavy (non-hydrogen) atoms. The van der Waals surface area contributed by atoms with Gasteiger partial charge in [-0.15, -0.1) is 11.3 Å². The summed E-state index contributed by atoms with van der Waals surface area (Å²) in [6.45, 7) is 1.67. The molecule has 0 radical (unpaired) electrons. The van der Waals surface area contributed by atoms with Crippen LogP contribution in [0.25, 0.3) is 0 Å². The molecule has 0 atom stereocenters. The van der Waals surface area contributed by atoms with Crippen LogP contribution in [0.3, 0.4) is 0 Å². The number of carbonyl (C=O) groups is 3. The van der Waals surface area contributed by atoms with Crippen LogP contribution in [-0.2, 0) is 6.54 Å². The number of aromatic nitrogens is 3. The van der Waals surface area contributed by atoms with Gasteiger partial charge in [0.15, 0.2) is 17.5 Å². The standard InChI is InChI=1S/C17H12ClF2N5O4S/c1-6-12(30-16(22-6)17(28)29)5-21-15(27)11-4-13(25-24-11)23-14(26)7-2-9(19)10(20)3-8(7)18/h2-4H,5H2,1H3,(H,21,27)(H,28,29)(H2,23,24,25,26). The third-order valence-electron chi connectivity index (χ3n) is 3.80. The first kappa shape index (κ1) is 21.3. The molecule has 0 saturated heterocycles. The summed E-state index contributed by atoms with van der Waals surface area (Å²) in [7, 11) is 0. The number of anilines is 1. The maximum absolute atomic E-state index is 13.3. The van der Waals surface area contributed by atoms with E-state index in [1.165, 1.54) is 6.07 Å². The van der Waals surface area contributed by atoms with Crippen LogP contribution >= 0.6 is 22.9 Å². The van der Waals surface area contributed by atoms with Crippen LogP contribution in [0.15, 0.2) is 18.2 Å². The van der Waals surface area contributed by atoms with Gasteiger partial charge in [0.1, 0.15) is 5.69 Å². The first-order valence-corrected chi connectivity index (χ1v) is 9.34. The number of H-pyrrole nitrogens is 1. The van der Waals surface area contributed by atoms with E-state index < -0.39 is 29.4 Å². The van der Waals surface area contributed by atoms with Crippen molar-refractivity contribution in [2.24, 2.45) is 0 Å². The number of benzene rings is 1. The zero-order valence-electron chi connectivity index (χ0n) is 15.0. The Morgan fingerprint density at radius 3 is 2.57 bits per heavy atom. The zero-order valence-corrected chi connectivity index (χ0v) is 16.6. The van der Waals surface area contributed by atoms with Crippen LogP contribution in [0.4, 0.5) is 14.6 Å². The number of hydrogen-bond acceptors (Lipinski definition) is 6. The molecular weight excluding hydrogens is 444 g/mol. The highest BCUT2D eigenvalue weighted by Crippen LogP contribution is 2.21. The Labute approximate surface area is 176 Å². The van der Waals surface area contributed by atoms with E-state index in [1.54, 1.807) is 6.92 Å². The minimum Gasteiger partial charge on any atom is -0.476 e. The summed E-state index contributed by atoms with van der Waals surface area (Å²) in [5, 5.41) is 19.6. The van der Waals surface area contributed by atoms with E-state index in [9.17, 15) is 23.2 Å². The Morgan fingerprint density at radius 1 is 1.20 bits per heavy atom. The van der Waals surface area contributed by atoms with E-state index in [0.717, 1.165) is 11.3 Å². The molecule has 13 heteroatoms. The largest absolute Gasteiger partial charge is 0.476 e. The van der Waals surface area contributed by atoms with E-state index in [0.29, 0.717) is 22.7 Å². The van der Waals surface area contributed by atoms with Crippen molar-refractivity contribution >= 4 is 46.5 Å². The molecule has 3 rings (SSSR count). The van der Waals surface area contributed by atoms with E-state index >= 15 is 0 Å². The normalized spacial score (nSPS) is 10.7. The summed E-state index contributed by atoms with van der Waals surface area (Å²) < 4.78 is 26.5. The predicted octanol–water partition coefficient (Wildman–Crippen LogP) is 2.99. The lowest BCUT2D eigenvalue weighted by Crippen LogP contribution is -2.23. The Hall–Kier alpha value is -3.38. The first-order valence-electron chi connectivity index (χ1n) is 8.14. The number of nitrogens with zero attached hydrogens (tertiary/aromatic N) is 2. The van der Waals surface area contributed by atoms with Crippen LogP contribution in [0.2, 0.25) is 5.02 Å². The van der Waals surface area contributed by atoms with Crippen molar-refractivity contribution in [2.75, 3.05) is 5.32 Å². The number of aromatic amines is 1. The fourth-order valence-electron chi connectivity index (χ4n) is 2.32. The van der Waals surface area contributed by atoms with Crippen LogP contribution in [0, 0.1) is 18.6 Å². The molecule has 0 aliphatic carbocycles. The van der Waals surface area contributed by atoms with E-state index in [1.807, 2.05) is 0 Å². The number of aromatic carboxylic acids is 1. The van der Waals surface area contributed by atoms with Gasteiger partial charge in [0.05, 0.1) is 22.8 Å². The van der Waals surface area contributed by atoms with Crippen LogP contribution in [0.1, 0.15) is 41.2 Å². The highest BCUT2D eigenvalue weighted by atomic mass is 35.5. The van der Waals surface area contributed by atoms with Gasteiger partial charge in [-0.05, 0) is 19.1 Å². The summed E-state index contributed by atoms with van der Waals surface area (Å²) in [6, 6.07) is 2.55. The van der Waals surface area contributed by atoms with Crippen LogP contribution in [-0.4, -0.2) is 38.1 Å². The molecule has 2 amide bonds. The smallest absolute Gasteiger partial charge is 0.365 e. The van der Waals surface area contributed by atoms with Gasteiger partial charge in [0, 0.05) is 10.9 Å². The second-order valence-electron chi connectivity index (χ2n) is 5.88. The molecule has 0 saturated carbocycles. The third-order valence-corrected chi connectivity index (χ3v) is 5.26. The topological polar surface area (TPSA) is 137 Å². The molecule has 2 heterocycles. The summed E-state index contributed by atoms with van der Waals surface area (Å²) >= 11 is 6.69. The fourth-order valence-corrected chi connectivity index (χ4v) is 3.40. The number of halogens is 3. The third kappa shape index (κ3) is 4.60. The molecule has 0 aliphatic rings. The molecule has 9 nitrogen and oxygen atoms in total. The molecule has 0 bridgehead atoms. The number of hydrogen-bond donors (Lipinski definition) is 4. The lowest BCUT2D eigenvalue weighted by atomic mass is 10.2. The van der Waals surface area contributed by atoms with Gasteiger partial charge in [-0.1, -0.05) is 11.6 Å². The van der Waals surface area contributed by atoms with E-state index in [-0.39, 0.29) is 33.7 Å². The second kappa shape index (κ2) is 8.55. The number of nitrogens with one attached hydrogen (secondary N) is 3. The first-order chi connectivity index (χ1) is 14.2. The van der Waals surface area contributed by atoms with Crippen LogP contribution < -0.4 is 10.6 Å². The van der Waals surface area contributed by atoms with E-state index in [2.05, 4.69) is 25.8 Å². The molecule has 156 valence electrons. The summed E-state index contributed by atoms with van der Waals surface area (Å²) in [5.41, 5.74) is 0.181. The molecule has 0 spiro atoms. The Kier molecular flexibility index (Phi) is 6.08. The summed E-state index contributed by atoms with van der Waals surface area (Å²) in [5.74, 6) is -5.06. The zero-order chi connectivity index (χ0) is 22.0. The van der Waals surface area contributed by atoms with Gasteiger partial charge < -0.3 is 15.7 Å². The lowest BCUT2D eigenvalue weighted by molar-refractivity contribution is 0.0695. The van der Waals surface area contributed by atoms with Crippen molar-refractivity contribution in [3.05, 3.63) is 61.7 Å². The SMILES string of the molecule is Cc1nc(C(=O)O)sc1CNC(=O)c1cc(NC(=O)c2cc(F)c(F)cc2Cl)n[nH]1. The minimum atomic E-state index is -1.24. The number of amides is 2. The highest BCUT2D eigenvalue weighted by molar-refractivity contribution is 7.13. The molecule has 1 aromatic carbocycles. The van der Waals surface area contributed by atoms with Crippen molar-refractivity contribution < 1.29 is 28.3 Å². The van der Waals surface area contributed by atoms with Crippen LogP contribution in [0.5, 0.6) is 0 Å². The average molecular weight is 456 g/mol. The van der Waals surface area contributed by atoms with E-state index in [4.69, 9.17) is 16.7 Å². The van der Waals surface area contributed by atoms with Crippen molar-refractivity contribution in [2.45, 2.75) is 13.5 Å². The minimum absolute atomic E-state index is 0.00214. The monoisotopic (exact) mass is 455 g/mol. The lowest BCUT2D eigenvalue weighted by Gasteiger charge is -2.05. The Morgan fingerprint density at radius 2 is 1.90 bits per heavy atom. The molecular formula is C17H12ClF2N5O4S. The maximum Gasteiger partial charge on any atom is 0.365 e. The van der Waals surface area contributed by atoms with Crippen molar-refractivity contribution in [1.29, 1.82) is 0 Å². The Balaban J connectivity index is 1.64. The molecule has 4 N–H and O–H groups in total. The van der Waals surface area contributed by atoms with Gasteiger partial charge in [-0.3, -0.25) is 14.7 Å². The second-order valence-corrected chi connectivity index (χ2v) is 7.37. The van der Waals surface area contributed by atoms with Gasteiger partial charge in [-0.2, -0.15) is 5.10 Å². The number of thiazole rings is 1. The predicted molar refractivity (Wildman–Crippen MR) is 103 cm³/mol. The fraction of sp³-hybridized carbons (Fsp3) is 0.118. The maximum atomic E-state index is 13.3. The highest BCUT2D eigenvalue weighted by Gasteiger charge is 2.18. The summed E-state index contributed by atoms with van der Waals surface area (Å²) in [4.78, 5) is 39.8. The van der Waals surface area contributed by atoms with Crippen molar-refractivity contribution in [3.8, 4) is 0 Å². The Bertz CT molecular complexity index is 1160. The number of rotatable bonds is 6. The summed E-state index contributed by atoms with van der Waals surface area (Å²) in [6.07, 6.45) is 0. The van der Waals surface area contributed by atoms with Gasteiger partial charge >= 0.3 is 5.97 Å². The number of carboxylic acids is 1. The number of carbonyl (C=O) groups excluding carboxylic acids is 2. The molecule has 2 aromatic heterocycles. The van der Waals surface area contributed by atoms with Crippen molar-refractivity contribution in [1.82, 2.24) is 20.5 Å². The number of aryl methyl sites for hydroxylation is 1. The van der Waals surface area contributed by atoms with Gasteiger partial charge in [0.2, 0.25) is 5.01 Å². The molecule has 0 aliphatic heterocycles. The van der Waals surface area contributed by atoms with Gasteiger partial charge in [0.25, 0.3) is 11.8 Å². The number of carboxylic acid groups (broad SMARTS) is 1. The quantitative estimate of drug-likeness (QED) is 0.422.